The van der Waals surface area contributed by atoms with E-state index in [0.29, 0.717) is 6.04 Å². The number of aromatic nitrogens is 2. The summed E-state index contributed by atoms with van der Waals surface area (Å²) in [5, 5.41) is 8.47. The Morgan fingerprint density at radius 2 is 1.95 bits per heavy atom. The van der Waals surface area contributed by atoms with Crippen LogP contribution in [0, 0.1) is 11.3 Å². The lowest BCUT2D eigenvalue weighted by Gasteiger charge is -2.35. The molecule has 0 amide bonds. The number of nitrogens with one attached hydrogen (secondary N) is 1. The Hall–Kier alpha value is -0.990. The van der Waals surface area contributed by atoms with Crippen LogP contribution < -0.4 is 5.32 Å². The molecule has 3 rings (SSSR count). The van der Waals surface area contributed by atoms with Crippen molar-refractivity contribution in [2.45, 2.75) is 71.8 Å². The highest BCUT2D eigenvalue weighted by molar-refractivity contribution is 5.39. The maximum atomic E-state index is 4.95. The average Bonchev–Trinajstić information content (AvgIpc) is 2.80. The molecule has 0 radical (unpaired) electrons. The third kappa shape index (κ3) is 2.87. The minimum atomic E-state index is 0.283. The van der Waals surface area contributed by atoms with E-state index in [1.54, 1.807) is 0 Å². The smallest absolute Gasteiger partial charge is 0.124 e. The molecule has 1 aromatic rings. The van der Waals surface area contributed by atoms with Crippen molar-refractivity contribution in [1.82, 2.24) is 9.78 Å². The van der Waals surface area contributed by atoms with Crippen molar-refractivity contribution in [3.8, 4) is 0 Å². The lowest BCUT2D eigenvalue weighted by molar-refractivity contribution is 0.209. The molecule has 0 spiro atoms. The summed E-state index contributed by atoms with van der Waals surface area (Å²) < 4.78 is 2.27. The molecule has 20 heavy (non-hydrogen) atoms. The minimum absolute atomic E-state index is 0.283. The van der Waals surface area contributed by atoms with Gasteiger partial charge in [-0.2, -0.15) is 5.10 Å². The fourth-order valence-electron chi connectivity index (χ4n) is 3.86. The molecule has 0 bridgehead atoms. The molecule has 0 saturated heterocycles. The van der Waals surface area contributed by atoms with E-state index in [-0.39, 0.29) is 5.41 Å². The number of fused-ring (bicyclic) bond motifs is 1. The van der Waals surface area contributed by atoms with Gasteiger partial charge in [0.2, 0.25) is 0 Å². The Kier molecular flexibility index (Phi) is 3.78. The van der Waals surface area contributed by atoms with Crippen molar-refractivity contribution >= 4 is 5.82 Å². The summed E-state index contributed by atoms with van der Waals surface area (Å²) in [6.07, 6.45) is 9.43. The summed E-state index contributed by atoms with van der Waals surface area (Å²) in [6, 6.07) is 2.82. The van der Waals surface area contributed by atoms with Crippen molar-refractivity contribution in [2.75, 3.05) is 11.9 Å². The van der Waals surface area contributed by atoms with Crippen molar-refractivity contribution < 1.29 is 0 Å². The van der Waals surface area contributed by atoms with Gasteiger partial charge in [0.05, 0.1) is 11.7 Å². The fourth-order valence-corrected chi connectivity index (χ4v) is 3.86. The zero-order valence-corrected chi connectivity index (χ0v) is 13.3. The molecule has 3 heteroatoms. The molecule has 112 valence electrons. The second kappa shape index (κ2) is 5.42. The van der Waals surface area contributed by atoms with Crippen LogP contribution in [0.15, 0.2) is 6.07 Å². The van der Waals surface area contributed by atoms with Crippen LogP contribution in [0.4, 0.5) is 5.82 Å². The van der Waals surface area contributed by atoms with Gasteiger partial charge in [-0.1, -0.05) is 52.9 Å². The van der Waals surface area contributed by atoms with Crippen LogP contribution in [0.5, 0.6) is 0 Å². The molecule has 0 aromatic carbocycles. The zero-order chi connectivity index (χ0) is 14.2. The second-order valence-electron chi connectivity index (χ2n) is 7.77. The monoisotopic (exact) mass is 275 g/mol. The van der Waals surface area contributed by atoms with Crippen LogP contribution in [0.25, 0.3) is 0 Å². The quantitative estimate of drug-likeness (QED) is 0.866. The summed E-state index contributed by atoms with van der Waals surface area (Å²) in [4.78, 5) is 0. The van der Waals surface area contributed by atoms with Crippen LogP contribution in [-0.4, -0.2) is 16.3 Å². The molecule has 1 N–H and O–H groups in total. The van der Waals surface area contributed by atoms with Gasteiger partial charge < -0.3 is 5.32 Å². The Morgan fingerprint density at radius 1 is 1.20 bits per heavy atom. The Morgan fingerprint density at radius 3 is 2.65 bits per heavy atom. The first-order valence-electron chi connectivity index (χ1n) is 8.36. The topological polar surface area (TPSA) is 29.9 Å². The van der Waals surface area contributed by atoms with E-state index in [1.165, 1.54) is 56.5 Å². The van der Waals surface area contributed by atoms with Crippen molar-refractivity contribution in [3.63, 3.8) is 0 Å². The average molecular weight is 275 g/mol. The van der Waals surface area contributed by atoms with Crippen molar-refractivity contribution in [2.24, 2.45) is 11.3 Å². The van der Waals surface area contributed by atoms with Crippen molar-refractivity contribution in [3.05, 3.63) is 11.8 Å². The summed E-state index contributed by atoms with van der Waals surface area (Å²) in [5.74, 6) is 2.11. The highest BCUT2D eigenvalue weighted by atomic mass is 15.4. The van der Waals surface area contributed by atoms with E-state index in [4.69, 9.17) is 5.10 Å². The van der Waals surface area contributed by atoms with Crippen LogP contribution in [0.2, 0.25) is 0 Å². The van der Waals surface area contributed by atoms with Crippen LogP contribution in [-0.2, 0) is 6.42 Å². The van der Waals surface area contributed by atoms with E-state index < -0.39 is 0 Å². The maximum absolute atomic E-state index is 4.95. The highest BCUT2D eigenvalue weighted by Gasteiger charge is 2.31. The van der Waals surface area contributed by atoms with E-state index in [1.807, 2.05) is 0 Å². The number of hydrogen-bond donors (Lipinski definition) is 1. The summed E-state index contributed by atoms with van der Waals surface area (Å²) in [6.45, 7) is 8.07. The predicted octanol–water partition coefficient (Wildman–Crippen LogP) is 4.41. The third-order valence-electron chi connectivity index (χ3n) is 5.03. The van der Waals surface area contributed by atoms with E-state index in [0.717, 1.165) is 12.5 Å². The lowest BCUT2D eigenvalue weighted by atomic mass is 9.84. The van der Waals surface area contributed by atoms with Gasteiger partial charge in [0.25, 0.3) is 0 Å². The van der Waals surface area contributed by atoms with E-state index >= 15 is 0 Å². The SMILES string of the molecule is CC(C)(C)C1CCNc2cc(CC3CCCCC3)nn21. The van der Waals surface area contributed by atoms with Crippen LogP contribution in [0.1, 0.15) is 71.0 Å². The molecule has 1 aromatic heterocycles. The van der Waals surface area contributed by atoms with Crippen molar-refractivity contribution in [1.29, 1.82) is 0 Å². The fraction of sp³-hybridized carbons (Fsp3) is 0.824. The third-order valence-corrected chi connectivity index (χ3v) is 5.03. The van der Waals surface area contributed by atoms with Gasteiger partial charge >= 0.3 is 0 Å². The number of hydrogen-bond acceptors (Lipinski definition) is 2. The largest absolute Gasteiger partial charge is 0.370 e. The van der Waals surface area contributed by atoms with Gasteiger partial charge in [-0.05, 0) is 24.2 Å². The van der Waals surface area contributed by atoms with Gasteiger partial charge in [0, 0.05) is 12.6 Å². The van der Waals surface area contributed by atoms with Gasteiger partial charge in [-0.25, -0.2) is 4.68 Å². The van der Waals surface area contributed by atoms with Gasteiger partial charge in [-0.15, -0.1) is 0 Å². The first-order valence-corrected chi connectivity index (χ1v) is 8.36. The second-order valence-corrected chi connectivity index (χ2v) is 7.77. The number of nitrogens with zero attached hydrogens (tertiary/aromatic N) is 2. The molecule has 1 unspecified atom stereocenters. The molecule has 2 aliphatic rings. The van der Waals surface area contributed by atoms with Crippen LogP contribution >= 0.6 is 0 Å². The first-order chi connectivity index (χ1) is 9.54. The molecule has 2 heterocycles. The Labute approximate surface area is 123 Å². The minimum Gasteiger partial charge on any atom is -0.370 e. The molecule has 1 saturated carbocycles. The van der Waals surface area contributed by atoms with E-state index in [9.17, 15) is 0 Å². The van der Waals surface area contributed by atoms with Crippen LogP contribution in [0.3, 0.4) is 0 Å². The lowest BCUT2D eigenvalue weighted by Crippen LogP contribution is -2.32. The van der Waals surface area contributed by atoms with Gasteiger partial charge in [0.15, 0.2) is 0 Å². The standard InChI is InChI=1S/C17H29N3/c1-17(2,3)15-9-10-18-16-12-14(19-20(15)16)11-13-7-5-4-6-8-13/h12-13,15,18H,4-11H2,1-3H3. The molecule has 1 aliphatic carbocycles. The summed E-state index contributed by atoms with van der Waals surface area (Å²) >= 11 is 0. The molecule has 3 nitrogen and oxygen atoms in total. The molecule has 1 fully saturated rings. The predicted molar refractivity (Wildman–Crippen MR) is 84.1 cm³/mol. The number of anilines is 1. The highest BCUT2D eigenvalue weighted by Crippen LogP contribution is 2.38. The summed E-state index contributed by atoms with van der Waals surface area (Å²) in [5.41, 5.74) is 1.58. The molecule has 1 aliphatic heterocycles. The van der Waals surface area contributed by atoms with Gasteiger partial charge in [-0.3, -0.25) is 0 Å². The first kappa shape index (κ1) is 14.0. The Bertz CT molecular complexity index is 449. The molecular formula is C17H29N3. The zero-order valence-electron chi connectivity index (χ0n) is 13.3. The number of rotatable bonds is 2. The Balaban J connectivity index is 1.76. The molecular weight excluding hydrogens is 246 g/mol. The summed E-state index contributed by atoms with van der Waals surface area (Å²) in [7, 11) is 0. The maximum Gasteiger partial charge on any atom is 0.124 e. The van der Waals surface area contributed by atoms with E-state index in [2.05, 4.69) is 36.8 Å². The normalized spacial score (nSPS) is 24.2. The van der Waals surface area contributed by atoms with Gasteiger partial charge in [0.1, 0.15) is 5.82 Å². The molecule has 1 atom stereocenters.